The van der Waals surface area contributed by atoms with Crippen molar-refractivity contribution in [2.45, 2.75) is 63.4 Å². The summed E-state index contributed by atoms with van der Waals surface area (Å²) in [5.74, 6) is -1.40. The average Bonchev–Trinajstić information content (AvgIpc) is 2.82. The van der Waals surface area contributed by atoms with Crippen molar-refractivity contribution in [3.63, 3.8) is 0 Å². The van der Waals surface area contributed by atoms with Crippen molar-refractivity contribution in [1.82, 2.24) is 0 Å². The first-order valence-electron chi connectivity index (χ1n) is 8.95. The predicted molar refractivity (Wildman–Crippen MR) is 87.2 cm³/mol. The van der Waals surface area contributed by atoms with E-state index in [1.54, 1.807) is 12.2 Å². The monoisotopic (exact) mass is 348 g/mol. The van der Waals surface area contributed by atoms with Crippen LogP contribution in [0.15, 0.2) is 23.5 Å². The van der Waals surface area contributed by atoms with E-state index >= 15 is 0 Å². The second-order valence-electron chi connectivity index (χ2n) is 8.16. The number of aliphatic hydroxyl groups excluding tert-OH is 2. The third-order valence-electron chi connectivity index (χ3n) is 6.67. The molecule has 5 aliphatic rings. The number of hydrogen-bond acceptors (Lipinski definition) is 6. The lowest BCUT2D eigenvalue weighted by molar-refractivity contribution is -0.262. The molecule has 0 aromatic carbocycles. The summed E-state index contributed by atoms with van der Waals surface area (Å²) in [6.07, 6.45) is 2.87. The van der Waals surface area contributed by atoms with E-state index in [1.165, 1.54) is 0 Å². The zero-order chi connectivity index (χ0) is 18.1. The van der Waals surface area contributed by atoms with Gasteiger partial charge in [-0.2, -0.15) is 0 Å². The van der Waals surface area contributed by atoms with Crippen LogP contribution in [0.1, 0.15) is 40.0 Å². The number of Topliss-reactive ketones (excluding diaryl/α,β-unsaturated/α-hetero) is 1. The van der Waals surface area contributed by atoms with Crippen molar-refractivity contribution < 1.29 is 29.3 Å². The van der Waals surface area contributed by atoms with Crippen LogP contribution in [0.5, 0.6) is 0 Å². The molecule has 1 saturated carbocycles. The molecule has 6 nitrogen and oxygen atoms in total. The molecule has 0 aromatic rings. The summed E-state index contributed by atoms with van der Waals surface area (Å²) >= 11 is 0. The number of carbonyl (C=O) groups is 2. The smallest absolute Gasteiger partial charge is 0.346 e. The molecular formula is C19H24O6. The van der Waals surface area contributed by atoms with Gasteiger partial charge in [0.25, 0.3) is 0 Å². The summed E-state index contributed by atoms with van der Waals surface area (Å²) < 4.78 is 11.8. The quantitative estimate of drug-likeness (QED) is 0.389. The Morgan fingerprint density at radius 2 is 1.88 bits per heavy atom. The highest BCUT2D eigenvalue weighted by Gasteiger charge is 2.70. The lowest BCUT2D eigenvalue weighted by Gasteiger charge is -2.59. The first kappa shape index (κ1) is 16.8. The minimum atomic E-state index is -1.15. The van der Waals surface area contributed by atoms with Gasteiger partial charge >= 0.3 is 5.97 Å². The molecular weight excluding hydrogens is 324 g/mol. The molecule has 3 heterocycles. The van der Waals surface area contributed by atoms with E-state index in [9.17, 15) is 19.8 Å². The molecule has 3 fully saturated rings. The Balaban J connectivity index is 1.93. The van der Waals surface area contributed by atoms with Gasteiger partial charge in [0.05, 0.1) is 12.0 Å². The number of ether oxygens (including phenoxy) is 2. The molecule has 0 amide bonds. The SMILES string of the molecule is C[C@@H]1CCC(=O)C2=C3O[C@@]4(C)[C@H](C)C[C@@]3(OC2=O)[C@H](/C=C\[C@H]1O)[C@H]4O. The molecule has 25 heavy (non-hydrogen) atoms. The number of ketones is 1. The van der Waals surface area contributed by atoms with Gasteiger partial charge in [0, 0.05) is 18.8 Å². The number of fused-ring (bicyclic) bond motifs is 1. The Morgan fingerprint density at radius 3 is 2.60 bits per heavy atom. The number of carbonyl (C=O) groups excluding carboxylic acids is 2. The maximum absolute atomic E-state index is 12.7. The van der Waals surface area contributed by atoms with Crippen LogP contribution in [0.3, 0.4) is 0 Å². The third kappa shape index (κ3) is 2.04. The van der Waals surface area contributed by atoms with Crippen molar-refractivity contribution in [2.24, 2.45) is 17.8 Å². The third-order valence-corrected chi connectivity index (χ3v) is 6.67. The average molecular weight is 348 g/mol. The summed E-state index contributed by atoms with van der Waals surface area (Å²) in [6.45, 7) is 5.62. The largest absolute Gasteiger partial charge is 0.484 e. The van der Waals surface area contributed by atoms with Gasteiger partial charge < -0.3 is 19.7 Å². The Morgan fingerprint density at radius 1 is 1.16 bits per heavy atom. The van der Waals surface area contributed by atoms with Crippen molar-refractivity contribution in [3.05, 3.63) is 23.5 Å². The van der Waals surface area contributed by atoms with Crippen LogP contribution >= 0.6 is 0 Å². The minimum Gasteiger partial charge on any atom is -0.484 e. The van der Waals surface area contributed by atoms with Gasteiger partial charge in [0.15, 0.2) is 17.1 Å². The van der Waals surface area contributed by atoms with Crippen LogP contribution in [0, 0.1) is 17.8 Å². The molecule has 2 aliphatic carbocycles. The lowest BCUT2D eigenvalue weighted by atomic mass is 9.59. The molecule has 6 heteroatoms. The van der Waals surface area contributed by atoms with Crippen LogP contribution in [0.4, 0.5) is 0 Å². The molecule has 1 spiro atoms. The molecule has 136 valence electrons. The standard InChI is InChI=1S/C19H24O6/c1-9-4-6-13(21)14-16-19(25-17(14)23)8-10(2)18(3,24-16)15(22)11(19)5-7-12(9)20/h5,7,9-12,15,20,22H,4,6,8H2,1-3H3/b7-5-/t9-,10-,11-,12-,15-,18+,19-/m1/s1. The van der Waals surface area contributed by atoms with Crippen LogP contribution in [0.25, 0.3) is 0 Å². The molecule has 7 atom stereocenters. The number of esters is 1. The fourth-order valence-electron chi connectivity index (χ4n) is 4.71. The first-order valence-corrected chi connectivity index (χ1v) is 8.95. The van der Waals surface area contributed by atoms with Gasteiger partial charge in [0.1, 0.15) is 17.3 Å². The van der Waals surface area contributed by atoms with Crippen LogP contribution in [-0.2, 0) is 19.1 Å². The Hall–Kier alpha value is -1.66. The highest BCUT2D eigenvalue weighted by atomic mass is 16.6. The Labute approximate surface area is 146 Å². The van der Waals surface area contributed by atoms with E-state index in [1.807, 2.05) is 20.8 Å². The highest BCUT2D eigenvalue weighted by molar-refractivity contribution is 6.19. The Bertz CT molecular complexity index is 709. The van der Waals surface area contributed by atoms with E-state index in [4.69, 9.17) is 9.47 Å². The molecule has 5 bridgehead atoms. The molecule has 5 rings (SSSR count). The van der Waals surface area contributed by atoms with E-state index in [0.717, 1.165) is 0 Å². The summed E-state index contributed by atoms with van der Waals surface area (Å²) in [5.41, 5.74) is -2.06. The van der Waals surface area contributed by atoms with Crippen LogP contribution in [-0.4, -0.2) is 45.4 Å². The normalized spacial score (nSPS) is 50.2. The van der Waals surface area contributed by atoms with E-state index in [-0.39, 0.29) is 35.4 Å². The minimum absolute atomic E-state index is 0.00739. The van der Waals surface area contributed by atoms with E-state index < -0.39 is 35.3 Å². The van der Waals surface area contributed by atoms with Crippen molar-refractivity contribution in [2.75, 3.05) is 0 Å². The van der Waals surface area contributed by atoms with Gasteiger partial charge in [-0.05, 0) is 19.3 Å². The van der Waals surface area contributed by atoms with Gasteiger partial charge in [0.2, 0.25) is 0 Å². The lowest BCUT2D eigenvalue weighted by Crippen LogP contribution is -2.69. The number of rotatable bonds is 0. The maximum atomic E-state index is 12.7. The molecule has 0 unspecified atom stereocenters. The number of aliphatic hydroxyl groups is 2. The molecule has 2 saturated heterocycles. The zero-order valence-corrected chi connectivity index (χ0v) is 14.7. The molecule has 2 N–H and O–H groups in total. The summed E-state index contributed by atoms with van der Waals surface area (Å²) in [7, 11) is 0. The fraction of sp³-hybridized carbons (Fsp3) is 0.684. The molecule has 0 radical (unpaired) electrons. The van der Waals surface area contributed by atoms with Crippen LogP contribution in [0.2, 0.25) is 0 Å². The maximum Gasteiger partial charge on any atom is 0.346 e. The molecule has 3 aliphatic heterocycles. The van der Waals surface area contributed by atoms with Gasteiger partial charge in [-0.25, -0.2) is 4.79 Å². The van der Waals surface area contributed by atoms with Gasteiger partial charge in [-0.1, -0.05) is 26.0 Å². The van der Waals surface area contributed by atoms with Crippen molar-refractivity contribution in [1.29, 1.82) is 0 Å². The van der Waals surface area contributed by atoms with Crippen LogP contribution < -0.4 is 0 Å². The van der Waals surface area contributed by atoms with Gasteiger partial charge in [-0.3, -0.25) is 4.79 Å². The predicted octanol–water partition coefficient (Wildman–Crippen LogP) is 1.26. The zero-order valence-electron chi connectivity index (χ0n) is 14.7. The van der Waals surface area contributed by atoms with Gasteiger partial charge in [-0.15, -0.1) is 0 Å². The fourth-order valence-corrected chi connectivity index (χ4v) is 4.71. The molecule has 0 aromatic heterocycles. The summed E-state index contributed by atoms with van der Waals surface area (Å²) in [6, 6.07) is 0. The topological polar surface area (TPSA) is 93.1 Å². The second-order valence-corrected chi connectivity index (χ2v) is 8.16. The van der Waals surface area contributed by atoms with Crippen molar-refractivity contribution >= 4 is 11.8 Å². The van der Waals surface area contributed by atoms with E-state index in [0.29, 0.717) is 12.8 Å². The summed E-state index contributed by atoms with van der Waals surface area (Å²) in [4.78, 5) is 25.2. The summed E-state index contributed by atoms with van der Waals surface area (Å²) in [5, 5.41) is 21.3. The highest BCUT2D eigenvalue weighted by Crippen LogP contribution is 2.60. The number of hydrogen-bond donors (Lipinski definition) is 2. The second kappa shape index (κ2) is 5.17. The Kier molecular flexibility index (Phi) is 3.48. The van der Waals surface area contributed by atoms with Crippen molar-refractivity contribution in [3.8, 4) is 0 Å². The first-order chi connectivity index (χ1) is 11.7. The van der Waals surface area contributed by atoms with E-state index in [2.05, 4.69) is 0 Å².